The molecule has 1 atom stereocenters. The Morgan fingerprint density at radius 2 is 1.89 bits per heavy atom. The lowest BCUT2D eigenvalue weighted by Gasteiger charge is -2.16. The Hall–Kier alpha value is -1.02. The molecule has 0 aliphatic rings. The Labute approximate surface area is 112 Å². The van der Waals surface area contributed by atoms with Gasteiger partial charge in [0.1, 0.15) is 5.75 Å². The Kier molecular flexibility index (Phi) is 6.81. The van der Waals surface area contributed by atoms with E-state index in [4.69, 9.17) is 10.5 Å². The molecular weight excluding hydrogens is 222 g/mol. The van der Waals surface area contributed by atoms with Crippen LogP contribution in [-0.2, 0) is 0 Å². The van der Waals surface area contributed by atoms with Crippen molar-refractivity contribution in [3.05, 3.63) is 29.3 Å². The van der Waals surface area contributed by atoms with Crippen molar-refractivity contribution >= 4 is 0 Å². The van der Waals surface area contributed by atoms with E-state index in [-0.39, 0.29) is 6.04 Å². The monoisotopic (exact) mass is 249 g/mol. The highest BCUT2D eigenvalue weighted by atomic mass is 16.5. The summed E-state index contributed by atoms with van der Waals surface area (Å²) >= 11 is 0. The van der Waals surface area contributed by atoms with Gasteiger partial charge in [0.15, 0.2) is 0 Å². The highest BCUT2D eigenvalue weighted by Crippen LogP contribution is 2.28. The van der Waals surface area contributed by atoms with Crippen LogP contribution in [0.5, 0.6) is 5.75 Å². The SMILES string of the molecule is CCCCCCCC(N)c1cc(C)ccc1OC. The molecule has 0 amide bonds. The second kappa shape index (κ2) is 8.15. The lowest BCUT2D eigenvalue weighted by molar-refractivity contribution is 0.403. The number of unbranched alkanes of at least 4 members (excludes halogenated alkanes) is 4. The number of ether oxygens (including phenoxy) is 1. The van der Waals surface area contributed by atoms with E-state index < -0.39 is 0 Å². The quantitative estimate of drug-likeness (QED) is 0.695. The summed E-state index contributed by atoms with van der Waals surface area (Å²) < 4.78 is 5.39. The molecule has 2 N–H and O–H groups in total. The lowest BCUT2D eigenvalue weighted by atomic mass is 9.98. The van der Waals surface area contributed by atoms with Gasteiger partial charge in [-0.05, 0) is 19.4 Å². The van der Waals surface area contributed by atoms with E-state index in [9.17, 15) is 0 Å². The van der Waals surface area contributed by atoms with Gasteiger partial charge in [-0.2, -0.15) is 0 Å². The number of methoxy groups -OCH3 is 1. The number of nitrogens with two attached hydrogens (primary N) is 1. The molecule has 0 saturated carbocycles. The molecule has 18 heavy (non-hydrogen) atoms. The molecule has 0 aromatic heterocycles. The summed E-state index contributed by atoms with van der Waals surface area (Å²) in [6.45, 7) is 4.33. The van der Waals surface area contributed by atoms with Crippen molar-refractivity contribution < 1.29 is 4.74 Å². The van der Waals surface area contributed by atoms with Gasteiger partial charge >= 0.3 is 0 Å². The van der Waals surface area contributed by atoms with Gasteiger partial charge in [-0.15, -0.1) is 0 Å². The predicted molar refractivity (Wildman–Crippen MR) is 78.0 cm³/mol. The van der Waals surface area contributed by atoms with E-state index >= 15 is 0 Å². The fourth-order valence-electron chi connectivity index (χ4n) is 2.27. The van der Waals surface area contributed by atoms with Crippen LogP contribution in [0.15, 0.2) is 18.2 Å². The first-order chi connectivity index (χ1) is 8.69. The highest BCUT2D eigenvalue weighted by Gasteiger charge is 2.11. The van der Waals surface area contributed by atoms with Crippen molar-refractivity contribution in [2.75, 3.05) is 7.11 Å². The van der Waals surface area contributed by atoms with E-state index in [1.807, 2.05) is 6.07 Å². The van der Waals surface area contributed by atoms with E-state index in [0.29, 0.717) is 0 Å². The van der Waals surface area contributed by atoms with Crippen LogP contribution in [-0.4, -0.2) is 7.11 Å². The van der Waals surface area contributed by atoms with Crippen LogP contribution in [0.4, 0.5) is 0 Å². The molecule has 1 aromatic rings. The van der Waals surface area contributed by atoms with Gasteiger partial charge in [-0.1, -0.05) is 56.7 Å². The van der Waals surface area contributed by atoms with Crippen molar-refractivity contribution in [1.82, 2.24) is 0 Å². The number of aryl methyl sites for hydroxylation is 1. The molecule has 102 valence electrons. The van der Waals surface area contributed by atoms with Crippen LogP contribution in [0.2, 0.25) is 0 Å². The lowest BCUT2D eigenvalue weighted by Crippen LogP contribution is -2.11. The zero-order valence-electron chi connectivity index (χ0n) is 12.0. The van der Waals surface area contributed by atoms with Gasteiger partial charge in [-0.25, -0.2) is 0 Å². The summed E-state index contributed by atoms with van der Waals surface area (Å²) in [4.78, 5) is 0. The van der Waals surface area contributed by atoms with Gasteiger partial charge in [0.25, 0.3) is 0 Å². The van der Waals surface area contributed by atoms with Gasteiger partial charge in [0.05, 0.1) is 7.11 Å². The smallest absolute Gasteiger partial charge is 0.123 e. The molecule has 2 nitrogen and oxygen atoms in total. The van der Waals surface area contributed by atoms with Crippen LogP contribution in [0.3, 0.4) is 0 Å². The Bertz CT molecular complexity index is 349. The number of hydrogen-bond acceptors (Lipinski definition) is 2. The minimum absolute atomic E-state index is 0.0986. The molecule has 0 bridgehead atoms. The third-order valence-corrected chi connectivity index (χ3v) is 3.40. The van der Waals surface area contributed by atoms with E-state index in [1.165, 1.54) is 37.7 Å². The second-order valence-corrected chi connectivity index (χ2v) is 5.05. The first-order valence-electron chi connectivity index (χ1n) is 7.09. The van der Waals surface area contributed by atoms with E-state index in [1.54, 1.807) is 7.11 Å². The maximum absolute atomic E-state index is 6.28. The summed E-state index contributed by atoms with van der Waals surface area (Å²) in [6.07, 6.45) is 7.49. The molecular formula is C16H27NO. The standard InChI is InChI=1S/C16H27NO/c1-4-5-6-7-8-9-15(17)14-12-13(2)10-11-16(14)18-3/h10-12,15H,4-9,17H2,1-3H3. The third-order valence-electron chi connectivity index (χ3n) is 3.40. The first-order valence-corrected chi connectivity index (χ1v) is 7.09. The van der Waals surface area contributed by atoms with Crippen LogP contribution in [0.25, 0.3) is 0 Å². The molecule has 0 saturated heterocycles. The molecule has 0 aliphatic heterocycles. The molecule has 1 unspecified atom stereocenters. The summed E-state index contributed by atoms with van der Waals surface area (Å²) in [6, 6.07) is 6.33. The molecule has 2 heteroatoms. The average molecular weight is 249 g/mol. The van der Waals surface area contributed by atoms with E-state index in [2.05, 4.69) is 26.0 Å². The van der Waals surface area contributed by atoms with Gasteiger partial charge < -0.3 is 10.5 Å². The summed E-state index contributed by atoms with van der Waals surface area (Å²) in [7, 11) is 1.71. The Balaban J connectivity index is 2.49. The summed E-state index contributed by atoms with van der Waals surface area (Å²) in [5, 5.41) is 0. The molecule has 1 rings (SSSR count). The normalized spacial score (nSPS) is 12.4. The molecule has 0 spiro atoms. The van der Waals surface area contributed by atoms with Gasteiger partial charge in [0, 0.05) is 11.6 Å². The summed E-state index contributed by atoms with van der Waals surface area (Å²) in [5.74, 6) is 0.918. The van der Waals surface area contributed by atoms with Crippen molar-refractivity contribution in [1.29, 1.82) is 0 Å². The zero-order valence-corrected chi connectivity index (χ0v) is 12.0. The first kappa shape index (κ1) is 15.0. The Morgan fingerprint density at radius 1 is 1.17 bits per heavy atom. The molecule has 1 aromatic carbocycles. The molecule has 0 fully saturated rings. The minimum atomic E-state index is 0.0986. The molecule has 0 radical (unpaired) electrons. The highest BCUT2D eigenvalue weighted by molar-refractivity contribution is 5.38. The van der Waals surface area contributed by atoms with Crippen molar-refractivity contribution in [2.45, 2.75) is 58.4 Å². The fraction of sp³-hybridized carbons (Fsp3) is 0.625. The summed E-state index contributed by atoms with van der Waals surface area (Å²) in [5.41, 5.74) is 8.66. The molecule has 0 heterocycles. The topological polar surface area (TPSA) is 35.2 Å². The van der Waals surface area contributed by atoms with Crippen LogP contribution in [0, 0.1) is 6.92 Å². The average Bonchev–Trinajstić information content (AvgIpc) is 2.38. The van der Waals surface area contributed by atoms with Crippen LogP contribution >= 0.6 is 0 Å². The largest absolute Gasteiger partial charge is 0.496 e. The zero-order chi connectivity index (χ0) is 13.4. The number of benzene rings is 1. The number of hydrogen-bond donors (Lipinski definition) is 1. The van der Waals surface area contributed by atoms with Crippen LogP contribution < -0.4 is 10.5 Å². The third kappa shape index (κ3) is 4.69. The number of rotatable bonds is 8. The predicted octanol–water partition coefficient (Wildman–Crippen LogP) is 4.36. The maximum atomic E-state index is 6.28. The van der Waals surface area contributed by atoms with Crippen LogP contribution in [0.1, 0.15) is 62.6 Å². The molecule has 0 aliphatic carbocycles. The van der Waals surface area contributed by atoms with Gasteiger partial charge in [0.2, 0.25) is 0 Å². The second-order valence-electron chi connectivity index (χ2n) is 5.05. The Morgan fingerprint density at radius 3 is 2.56 bits per heavy atom. The minimum Gasteiger partial charge on any atom is -0.496 e. The van der Waals surface area contributed by atoms with Crippen molar-refractivity contribution in [3.63, 3.8) is 0 Å². The van der Waals surface area contributed by atoms with Crippen molar-refractivity contribution in [2.24, 2.45) is 5.73 Å². The fourth-order valence-corrected chi connectivity index (χ4v) is 2.27. The van der Waals surface area contributed by atoms with Gasteiger partial charge in [-0.3, -0.25) is 0 Å². The van der Waals surface area contributed by atoms with E-state index in [0.717, 1.165) is 17.7 Å². The maximum Gasteiger partial charge on any atom is 0.123 e. The van der Waals surface area contributed by atoms with Crippen molar-refractivity contribution in [3.8, 4) is 5.75 Å².